The molecule has 0 radical (unpaired) electrons. The SMILES string of the molecule is Sc1ccc(-c2ccc(C3C#CC=C(Nc4ccc(-c5ccccc5)cc4)C=C3)cc2)cc1-c1cccc(C2=CC=CCC=C2)c1.c1ccc(-c2ccccc2)cc1. The molecule has 0 saturated heterocycles. The fraction of sp³-hybridized carbons (Fsp3) is 0.0357. The van der Waals surface area contributed by atoms with Crippen molar-refractivity contribution < 1.29 is 0 Å². The van der Waals surface area contributed by atoms with Crippen LogP contribution >= 0.6 is 12.6 Å². The topological polar surface area (TPSA) is 12.0 Å². The van der Waals surface area contributed by atoms with Crippen molar-refractivity contribution >= 4 is 23.9 Å². The van der Waals surface area contributed by atoms with Crippen molar-refractivity contribution in [2.45, 2.75) is 17.2 Å². The summed E-state index contributed by atoms with van der Waals surface area (Å²) in [6.07, 6.45) is 18.1. The molecule has 0 spiro atoms. The Morgan fingerprint density at radius 1 is 0.500 bits per heavy atom. The Hall–Kier alpha value is -7.05. The number of thiol groups is 1. The largest absolute Gasteiger partial charge is 0.355 e. The molecule has 1 nitrogen and oxygen atoms in total. The van der Waals surface area contributed by atoms with Crippen molar-refractivity contribution in [3.8, 4) is 56.3 Å². The van der Waals surface area contributed by atoms with E-state index in [4.69, 9.17) is 12.6 Å². The van der Waals surface area contributed by atoms with E-state index in [0.717, 1.165) is 39.4 Å². The highest BCUT2D eigenvalue weighted by atomic mass is 32.1. The van der Waals surface area contributed by atoms with Gasteiger partial charge in [-0.2, -0.15) is 0 Å². The quantitative estimate of drug-likeness (QED) is 0.116. The summed E-state index contributed by atoms with van der Waals surface area (Å²) in [6.45, 7) is 0. The maximum atomic E-state index is 4.83. The van der Waals surface area contributed by atoms with Gasteiger partial charge in [0.05, 0.1) is 5.92 Å². The molecule has 0 bridgehead atoms. The highest BCUT2D eigenvalue weighted by molar-refractivity contribution is 7.80. The summed E-state index contributed by atoms with van der Waals surface area (Å²) in [5.41, 5.74) is 15.2. The van der Waals surface area contributed by atoms with Gasteiger partial charge in [0.2, 0.25) is 0 Å². The number of nitrogens with one attached hydrogen (secondary N) is 1. The molecule has 1 N–H and O–H groups in total. The summed E-state index contributed by atoms with van der Waals surface area (Å²) >= 11 is 4.83. The van der Waals surface area contributed by atoms with Crippen LogP contribution in [0.3, 0.4) is 0 Å². The normalized spacial score (nSPS) is 14.1. The number of hydrogen-bond acceptors (Lipinski definition) is 2. The van der Waals surface area contributed by atoms with E-state index in [-0.39, 0.29) is 5.92 Å². The van der Waals surface area contributed by atoms with Gasteiger partial charge in [0, 0.05) is 22.4 Å². The first-order valence-electron chi connectivity index (χ1n) is 19.7. The molecule has 58 heavy (non-hydrogen) atoms. The van der Waals surface area contributed by atoms with Crippen LogP contribution in [-0.4, -0.2) is 0 Å². The van der Waals surface area contributed by atoms with Crippen LogP contribution in [0.2, 0.25) is 0 Å². The van der Waals surface area contributed by atoms with E-state index in [1.807, 2.05) is 24.3 Å². The molecule has 9 rings (SSSR count). The zero-order valence-corrected chi connectivity index (χ0v) is 33.1. The molecule has 0 saturated carbocycles. The van der Waals surface area contributed by atoms with Gasteiger partial charge in [-0.15, -0.1) is 12.6 Å². The van der Waals surface area contributed by atoms with Crippen LogP contribution in [0, 0.1) is 11.8 Å². The average molecular weight is 762 g/mol. The number of benzene rings is 7. The number of hydrogen-bond donors (Lipinski definition) is 2. The lowest BCUT2D eigenvalue weighted by Gasteiger charge is -2.12. The van der Waals surface area contributed by atoms with Crippen LogP contribution in [0.1, 0.15) is 23.5 Å². The molecule has 1 atom stereocenters. The minimum absolute atomic E-state index is 0.0189. The predicted octanol–water partition coefficient (Wildman–Crippen LogP) is 14.9. The standard InChI is InChI=1S/C44H33NS.C12H10/c46-44-29-25-39(31-43(44)40-16-8-15-38(30-40)33-12-4-1-2-5-13-33)37-20-18-35(19-21-37)34-14-9-17-41(26-22-34)45-42-27-23-36(24-28-42)32-10-6-3-7-11-32;1-3-7-11(8-4-1)12-9-5-2-6-10-12/h1,3-8,10-13,15-31,34,45-46H,2H2;1-10H. The van der Waals surface area contributed by atoms with Crippen molar-refractivity contribution in [3.63, 3.8) is 0 Å². The molecule has 0 amide bonds. The van der Waals surface area contributed by atoms with Crippen molar-refractivity contribution in [2.24, 2.45) is 0 Å². The van der Waals surface area contributed by atoms with Crippen molar-refractivity contribution in [1.29, 1.82) is 0 Å². The summed E-state index contributed by atoms with van der Waals surface area (Å²) in [5, 5.41) is 3.51. The summed E-state index contributed by atoms with van der Waals surface area (Å²) in [5.74, 6) is 6.68. The molecule has 0 aliphatic heterocycles. The highest BCUT2D eigenvalue weighted by Gasteiger charge is 2.11. The Balaban J connectivity index is 0.000000333. The molecule has 7 aromatic rings. The number of anilines is 1. The predicted molar refractivity (Wildman–Crippen MR) is 251 cm³/mol. The summed E-state index contributed by atoms with van der Waals surface area (Å²) in [4.78, 5) is 0.964. The zero-order valence-electron chi connectivity index (χ0n) is 32.2. The van der Waals surface area contributed by atoms with Crippen LogP contribution in [0.5, 0.6) is 0 Å². The maximum absolute atomic E-state index is 4.83. The van der Waals surface area contributed by atoms with Gasteiger partial charge < -0.3 is 5.32 Å². The molecular weight excluding hydrogens is 719 g/mol. The second-order valence-corrected chi connectivity index (χ2v) is 14.6. The van der Waals surface area contributed by atoms with Gasteiger partial charge in [0.25, 0.3) is 0 Å². The fourth-order valence-electron chi connectivity index (χ4n) is 7.05. The highest BCUT2D eigenvalue weighted by Crippen LogP contribution is 2.34. The van der Waals surface area contributed by atoms with Gasteiger partial charge in [-0.25, -0.2) is 0 Å². The molecule has 1 unspecified atom stereocenters. The first-order chi connectivity index (χ1) is 28.7. The Labute approximate surface area is 348 Å². The van der Waals surface area contributed by atoms with Crippen LogP contribution in [-0.2, 0) is 0 Å². The average Bonchev–Trinajstić information content (AvgIpc) is 3.72. The van der Waals surface area contributed by atoms with Crippen molar-refractivity contribution in [3.05, 3.63) is 247 Å². The van der Waals surface area contributed by atoms with Gasteiger partial charge in [-0.3, -0.25) is 0 Å². The van der Waals surface area contributed by atoms with Gasteiger partial charge in [-0.1, -0.05) is 200 Å². The van der Waals surface area contributed by atoms with E-state index >= 15 is 0 Å². The molecule has 2 aliphatic rings. The Morgan fingerprint density at radius 2 is 1.07 bits per heavy atom. The third-order valence-corrected chi connectivity index (χ3v) is 10.6. The van der Waals surface area contributed by atoms with E-state index < -0.39 is 0 Å². The zero-order chi connectivity index (χ0) is 39.4. The molecular formula is C56H43NS. The second kappa shape index (κ2) is 18.7. The molecule has 2 aliphatic carbocycles. The van der Waals surface area contributed by atoms with E-state index in [9.17, 15) is 0 Å². The Morgan fingerprint density at radius 3 is 1.74 bits per heavy atom. The molecule has 278 valence electrons. The fourth-order valence-corrected chi connectivity index (χ4v) is 7.32. The summed E-state index contributed by atoms with van der Waals surface area (Å²) in [6, 6.07) is 63.7. The minimum atomic E-state index is 0.0189. The molecule has 2 heteroatoms. The third-order valence-electron chi connectivity index (χ3n) is 10.2. The van der Waals surface area contributed by atoms with Crippen LogP contribution < -0.4 is 5.32 Å². The summed E-state index contributed by atoms with van der Waals surface area (Å²) in [7, 11) is 0. The molecule has 0 aromatic heterocycles. The van der Waals surface area contributed by atoms with E-state index in [1.54, 1.807) is 0 Å². The Kier molecular flexibility index (Phi) is 12.2. The van der Waals surface area contributed by atoms with Gasteiger partial charge in [0.15, 0.2) is 0 Å². The molecule has 7 aromatic carbocycles. The van der Waals surface area contributed by atoms with E-state index in [1.165, 1.54) is 44.5 Å². The van der Waals surface area contributed by atoms with Crippen molar-refractivity contribution in [1.82, 2.24) is 0 Å². The van der Waals surface area contributed by atoms with Gasteiger partial charge in [-0.05, 0) is 104 Å². The summed E-state index contributed by atoms with van der Waals surface area (Å²) < 4.78 is 0. The maximum Gasteiger partial charge on any atom is 0.0640 e. The smallest absolute Gasteiger partial charge is 0.0640 e. The number of allylic oxidation sites excluding steroid dienone is 9. The van der Waals surface area contributed by atoms with Crippen LogP contribution in [0.4, 0.5) is 5.69 Å². The monoisotopic (exact) mass is 761 g/mol. The molecule has 0 heterocycles. The minimum Gasteiger partial charge on any atom is -0.355 e. The first kappa shape index (κ1) is 37.9. The van der Waals surface area contributed by atoms with Crippen LogP contribution in [0.15, 0.2) is 241 Å². The molecule has 0 fully saturated rings. The van der Waals surface area contributed by atoms with E-state index in [2.05, 4.69) is 223 Å². The van der Waals surface area contributed by atoms with Gasteiger partial charge >= 0.3 is 0 Å². The Bertz CT molecular complexity index is 2650. The lowest BCUT2D eigenvalue weighted by atomic mass is 9.94. The first-order valence-corrected chi connectivity index (χ1v) is 20.1. The van der Waals surface area contributed by atoms with Gasteiger partial charge in [0.1, 0.15) is 0 Å². The lowest BCUT2D eigenvalue weighted by Crippen LogP contribution is -1.97. The lowest BCUT2D eigenvalue weighted by molar-refractivity contribution is 1.13. The third kappa shape index (κ3) is 9.66. The second-order valence-electron chi connectivity index (χ2n) is 14.1. The van der Waals surface area contributed by atoms with E-state index in [0.29, 0.717) is 0 Å². The number of rotatable bonds is 8. The van der Waals surface area contributed by atoms with Crippen LogP contribution in [0.25, 0.3) is 50.1 Å². The van der Waals surface area contributed by atoms with Crippen molar-refractivity contribution in [2.75, 3.05) is 5.32 Å².